The summed E-state index contributed by atoms with van der Waals surface area (Å²) in [5, 5.41) is 3.23. The van der Waals surface area contributed by atoms with Crippen LogP contribution in [0.4, 0.5) is 10.1 Å². The zero-order chi connectivity index (χ0) is 13.0. The molecule has 94 valence electrons. The average molecular weight is 310 g/mol. The number of halogens is 2. The van der Waals surface area contributed by atoms with Crippen LogP contribution < -0.4 is 10.1 Å². The zero-order valence-electron chi connectivity index (χ0n) is 9.91. The minimum absolute atomic E-state index is 0.265. The first-order valence-corrected chi connectivity index (χ1v) is 6.30. The first-order valence-electron chi connectivity index (χ1n) is 5.51. The number of nitrogens with one attached hydrogen (secondary N) is 1. The molecule has 0 aliphatic heterocycles. The van der Waals surface area contributed by atoms with Crippen molar-refractivity contribution in [1.29, 1.82) is 0 Å². The summed E-state index contributed by atoms with van der Waals surface area (Å²) in [5.74, 6) is -0.0766. The van der Waals surface area contributed by atoms with E-state index in [2.05, 4.69) is 21.2 Å². The van der Waals surface area contributed by atoms with Gasteiger partial charge in [-0.25, -0.2) is 4.39 Å². The van der Waals surface area contributed by atoms with E-state index in [0.717, 1.165) is 15.7 Å². The van der Waals surface area contributed by atoms with Crippen LogP contribution in [-0.2, 0) is 6.54 Å². The van der Waals surface area contributed by atoms with Crippen molar-refractivity contribution < 1.29 is 9.13 Å². The van der Waals surface area contributed by atoms with Gasteiger partial charge in [0, 0.05) is 16.7 Å². The highest BCUT2D eigenvalue weighted by Gasteiger charge is 2.03. The first-order chi connectivity index (χ1) is 8.69. The molecule has 0 saturated heterocycles. The standard InChI is InChI=1S/C14H13BrFNO/c1-18-14-6-5-10(7-13(14)16)9-17-12-4-2-3-11(15)8-12/h2-8,17H,9H2,1H3. The second-order valence-electron chi connectivity index (χ2n) is 3.83. The normalized spacial score (nSPS) is 10.2. The molecule has 0 aliphatic carbocycles. The van der Waals surface area contributed by atoms with Crippen molar-refractivity contribution in [1.82, 2.24) is 0 Å². The van der Waals surface area contributed by atoms with E-state index in [1.54, 1.807) is 6.07 Å². The molecule has 4 heteroatoms. The van der Waals surface area contributed by atoms with E-state index in [0.29, 0.717) is 6.54 Å². The van der Waals surface area contributed by atoms with Crippen LogP contribution in [-0.4, -0.2) is 7.11 Å². The van der Waals surface area contributed by atoms with Crippen LogP contribution in [0.15, 0.2) is 46.9 Å². The topological polar surface area (TPSA) is 21.3 Å². The number of rotatable bonds is 4. The van der Waals surface area contributed by atoms with Gasteiger partial charge in [0.05, 0.1) is 7.11 Å². The second-order valence-corrected chi connectivity index (χ2v) is 4.75. The highest BCUT2D eigenvalue weighted by atomic mass is 79.9. The number of methoxy groups -OCH3 is 1. The molecule has 0 aromatic heterocycles. The van der Waals surface area contributed by atoms with Gasteiger partial charge in [-0.1, -0.05) is 28.1 Å². The summed E-state index contributed by atoms with van der Waals surface area (Å²) in [7, 11) is 1.46. The first kappa shape index (κ1) is 12.9. The third-order valence-corrected chi connectivity index (χ3v) is 3.03. The monoisotopic (exact) mass is 309 g/mol. The molecule has 2 aromatic rings. The van der Waals surface area contributed by atoms with Crippen LogP contribution in [0.2, 0.25) is 0 Å². The van der Waals surface area contributed by atoms with Crippen molar-refractivity contribution in [3.8, 4) is 5.75 Å². The Morgan fingerprint density at radius 2 is 2.06 bits per heavy atom. The lowest BCUT2D eigenvalue weighted by molar-refractivity contribution is 0.386. The van der Waals surface area contributed by atoms with E-state index in [1.807, 2.05) is 30.3 Å². The van der Waals surface area contributed by atoms with Gasteiger partial charge in [0.25, 0.3) is 0 Å². The van der Waals surface area contributed by atoms with Crippen LogP contribution in [0, 0.1) is 5.82 Å². The van der Waals surface area contributed by atoms with Crippen LogP contribution in [0.1, 0.15) is 5.56 Å². The number of ether oxygens (including phenoxy) is 1. The third-order valence-electron chi connectivity index (χ3n) is 2.54. The Hall–Kier alpha value is -1.55. The van der Waals surface area contributed by atoms with Gasteiger partial charge in [-0.3, -0.25) is 0 Å². The molecule has 0 saturated carbocycles. The molecule has 18 heavy (non-hydrogen) atoms. The Labute approximate surface area is 114 Å². The lowest BCUT2D eigenvalue weighted by Crippen LogP contribution is -2.00. The number of anilines is 1. The van der Waals surface area contributed by atoms with Gasteiger partial charge < -0.3 is 10.1 Å². The van der Waals surface area contributed by atoms with E-state index < -0.39 is 0 Å². The van der Waals surface area contributed by atoms with Crippen molar-refractivity contribution >= 4 is 21.6 Å². The molecule has 2 nitrogen and oxygen atoms in total. The molecule has 0 spiro atoms. The van der Waals surface area contributed by atoms with Gasteiger partial charge in [-0.15, -0.1) is 0 Å². The van der Waals surface area contributed by atoms with Gasteiger partial charge in [0.15, 0.2) is 11.6 Å². The summed E-state index contributed by atoms with van der Waals surface area (Å²) in [6.07, 6.45) is 0. The maximum atomic E-state index is 13.5. The maximum absolute atomic E-state index is 13.5. The van der Waals surface area contributed by atoms with Crippen molar-refractivity contribution in [2.24, 2.45) is 0 Å². The summed E-state index contributed by atoms with van der Waals surface area (Å²) in [4.78, 5) is 0. The van der Waals surface area contributed by atoms with E-state index in [4.69, 9.17) is 4.74 Å². The average Bonchev–Trinajstić information content (AvgIpc) is 2.37. The Balaban J connectivity index is 2.04. The number of benzene rings is 2. The second kappa shape index (κ2) is 5.87. The highest BCUT2D eigenvalue weighted by Crippen LogP contribution is 2.19. The fourth-order valence-corrected chi connectivity index (χ4v) is 2.02. The number of hydrogen-bond acceptors (Lipinski definition) is 2. The molecule has 0 radical (unpaired) electrons. The summed E-state index contributed by atoms with van der Waals surface area (Å²) >= 11 is 3.40. The van der Waals surface area contributed by atoms with Gasteiger partial charge in [-0.2, -0.15) is 0 Å². The minimum atomic E-state index is -0.342. The van der Waals surface area contributed by atoms with Crippen molar-refractivity contribution in [2.45, 2.75) is 6.54 Å². The Morgan fingerprint density at radius 1 is 1.22 bits per heavy atom. The molecule has 2 aromatic carbocycles. The summed E-state index contributed by atoms with van der Waals surface area (Å²) in [6, 6.07) is 12.8. The van der Waals surface area contributed by atoms with Gasteiger partial charge in [0.1, 0.15) is 0 Å². The van der Waals surface area contributed by atoms with Gasteiger partial charge in [0.2, 0.25) is 0 Å². The molecule has 0 fully saturated rings. The highest BCUT2D eigenvalue weighted by molar-refractivity contribution is 9.10. The van der Waals surface area contributed by atoms with E-state index in [9.17, 15) is 4.39 Å². The molecule has 0 aliphatic rings. The largest absolute Gasteiger partial charge is 0.494 e. The maximum Gasteiger partial charge on any atom is 0.165 e. The summed E-state index contributed by atoms with van der Waals surface area (Å²) in [5.41, 5.74) is 1.86. The fourth-order valence-electron chi connectivity index (χ4n) is 1.62. The Kier molecular flexibility index (Phi) is 4.20. The van der Waals surface area contributed by atoms with Crippen LogP contribution >= 0.6 is 15.9 Å². The Morgan fingerprint density at radius 3 is 2.72 bits per heavy atom. The molecular formula is C14H13BrFNO. The summed E-state index contributed by atoms with van der Waals surface area (Å²) in [6.45, 7) is 0.567. The Bertz CT molecular complexity index is 545. The molecule has 0 atom stereocenters. The van der Waals surface area contributed by atoms with Gasteiger partial charge in [-0.05, 0) is 35.9 Å². The molecule has 2 rings (SSSR count). The molecule has 1 N–H and O–H groups in total. The smallest absolute Gasteiger partial charge is 0.165 e. The minimum Gasteiger partial charge on any atom is -0.494 e. The lowest BCUT2D eigenvalue weighted by atomic mass is 10.2. The molecule has 0 amide bonds. The van der Waals surface area contributed by atoms with Crippen LogP contribution in [0.5, 0.6) is 5.75 Å². The number of hydrogen-bond donors (Lipinski definition) is 1. The van der Waals surface area contributed by atoms with E-state index in [-0.39, 0.29) is 11.6 Å². The predicted molar refractivity (Wildman–Crippen MR) is 74.4 cm³/mol. The van der Waals surface area contributed by atoms with Gasteiger partial charge >= 0.3 is 0 Å². The van der Waals surface area contributed by atoms with E-state index >= 15 is 0 Å². The van der Waals surface area contributed by atoms with Crippen molar-refractivity contribution in [2.75, 3.05) is 12.4 Å². The summed E-state index contributed by atoms with van der Waals surface area (Å²) < 4.78 is 19.4. The fraction of sp³-hybridized carbons (Fsp3) is 0.143. The zero-order valence-corrected chi connectivity index (χ0v) is 11.5. The van der Waals surface area contributed by atoms with Crippen molar-refractivity contribution in [3.63, 3.8) is 0 Å². The third kappa shape index (κ3) is 3.23. The van der Waals surface area contributed by atoms with Crippen LogP contribution in [0.25, 0.3) is 0 Å². The van der Waals surface area contributed by atoms with Crippen LogP contribution in [0.3, 0.4) is 0 Å². The molecule has 0 unspecified atom stereocenters. The molecule has 0 bridgehead atoms. The predicted octanol–water partition coefficient (Wildman–Crippen LogP) is 4.21. The quantitative estimate of drug-likeness (QED) is 0.913. The van der Waals surface area contributed by atoms with Crippen molar-refractivity contribution in [3.05, 3.63) is 58.3 Å². The molecular weight excluding hydrogens is 297 g/mol. The molecule has 0 heterocycles. The lowest BCUT2D eigenvalue weighted by Gasteiger charge is -2.08. The SMILES string of the molecule is COc1ccc(CNc2cccc(Br)c2)cc1F. The van der Waals surface area contributed by atoms with E-state index in [1.165, 1.54) is 13.2 Å².